The van der Waals surface area contributed by atoms with Gasteiger partial charge in [0.05, 0.1) is 31.7 Å². The summed E-state index contributed by atoms with van der Waals surface area (Å²) in [5.41, 5.74) is 5.91. The lowest BCUT2D eigenvalue weighted by Crippen LogP contribution is -2.27. The maximum atomic E-state index is 13.6. The highest BCUT2D eigenvalue weighted by Crippen LogP contribution is 2.33. The maximum Gasteiger partial charge on any atom is 0.305 e. The molecule has 0 heterocycles. The van der Waals surface area contributed by atoms with Crippen molar-refractivity contribution in [3.8, 4) is 22.6 Å². The molecule has 0 aliphatic carbocycles. The van der Waals surface area contributed by atoms with Crippen LogP contribution in [0.3, 0.4) is 0 Å². The molecule has 0 radical (unpaired) electrons. The summed E-state index contributed by atoms with van der Waals surface area (Å²) < 4.78 is 16.7. The molecule has 2 amide bonds. The van der Waals surface area contributed by atoms with Crippen LogP contribution in [0.25, 0.3) is 11.1 Å². The van der Waals surface area contributed by atoms with Gasteiger partial charge in [0.15, 0.2) is 0 Å². The van der Waals surface area contributed by atoms with Gasteiger partial charge in [0.2, 0.25) is 0 Å². The minimum absolute atomic E-state index is 0.181. The summed E-state index contributed by atoms with van der Waals surface area (Å²) in [4.78, 5) is 40.2. The van der Waals surface area contributed by atoms with Crippen LogP contribution < -0.4 is 19.7 Å². The Morgan fingerprint density at radius 2 is 1.54 bits per heavy atom. The average molecular weight is 623 g/mol. The highest BCUT2D eigenvalue weighted by molar-refractivity contribution is 6.10. The lowest BCUT2D eigenvalue weighted by atomic mass is 9.98. The molecule has 0 atom stereocenters. The zero-order valence-corrected chi connectivity index (χ0v) is 27.2. The van der Waals surface area contributed by atoms with Crippen LogP contribution in [0.4, 0.5) is 11.4 Å². The molecule has 1 N–H and O–H groups in total. The molecule has 0 saturated heterocycles. The zero-order chi connectivity index (χ0) is 33.1. The van der Waals surface area contributed by atoms with Crippen molar-refractivity contribution < 1.29 is 28.6 Å². The molecule has 0 aliphatic heterocycles. The molecule has 0 aliphatic rings. The zero-order valence-electron chi connectivity index (χ0n) is 27.2. The molecular formula is C38H42N2O6. The summed E-state index contributed by atoms with van der Waals surface area (Å²) in [7, 11) is 3.20. The molecule has 240 valence electrons. The second-order valence-corrected chi connectivity index (χ2v) is 11.1. The number of carbonyl (C=O) groups excluding carboxylic acids is 3. The van der Waals surface area contributed by atoms with Gasteiger partial charge in [0.1, 0.15) is 11.5 Å². The van der Waals surface area contributed by atoms with E-state index in [0.717, 1.165) is 41.5 Å². The number of amides is 2. The van der Waals surface area contributed by atoms with Crippen LogP contribution in [0.5, 0.6) is 11.5 Å². The fourth-order valence-electron chi connectivity index (χ4n) is 5.06. The summed E-state index contributed by atoms with van der Waals surface area (Å²) in [5.74, 6) is 0.241. The largest absolute Gasteiger partial charge is 0.495 e. The lowest BCUT2D eigenvalue weighted by Gasteiger charge is -2.22. The van der Waals surface area contributed by atoms with E-state index in [9.17, 15) is 14.4 Å². The van der Waals surface area contributed by atoms with Crippen molar-refractivity contribution in [2.45, 2.75) is 46.5 Å². The molecular weight excluding hydrogens is 580 g/mol. The van der Waals surface area contributed by atoms with Gasteiger partial charge >= 0.3 is 5.97 Å². The number of rotatable bonds is 14. The number of nitrogens with one attached hydrogen (secondary N) is 1. The van der Waals surface area contributed by atoms with Crippen molar-refractivity contribution in [2.75, 3.05) is 37.6 Å². The number of ether oxygens (including phenoxy) is 3. The lowest BCUT2D eigenvalue weighted by molar-refractivity contribution is -0.143. The molecule has 8 heteroatoms. The van der Waals surface area contributed by atoms with Crippen molar-refractivity contribution in [1.82, 2.24) is 0 Å². The van der Waals surface area contributed by atoms with Gasteiger partial charge in [-0.15, -0.1) is 0 Å². The quantitative estimate of drug-likeness (QED) is 0.113. The molecule has 8 nitrogen and oxygen atoms in total. The number of methoxy groups -OCH3 is 1. The van der Waals surface area contributed by atoms with E-state index in [2.05, 4.69) is 5.32 Å². The highest BCUT2D eigenvalue weighted by Gasteiger charge is 2.21. The SMILES string of the molecule is CCOC(=O)CCCCCOc1cc(C)ccc1N(C)C(=O)c1ccc(NC(=O)c2ccccc2-c2ccc(C)cc2)c(OC)c1. The van der Waals surface area contributed by atoms with E-state index in [1.165, 1.54) is 7.11 Å². The van der Waals surface area contributed by atoms with E-state index in [4.69, 9.17) is 14.2 Å². The number of aryl methyl sites for hydroxylation is 2. The van der Waals surface area contributed by atoms with Gasteiger partial charge in [-0.05, 0) is 93.1 Å². The molecule has 0 fully saturated rings. The van der Waals surface area contributed by atoms with Gasteiger partial charge in [-0.1, -0.05) is 54.1 Å². The van der Waals surface area contributed by atoms with Crippen LogP contribution in [0.1, 0.15) is 64.4 Å². The number of anilines is 2. The number of carbonyl (C=O) groups is 3. The number of esters is 1. The molecule has 0 unspecified atom stereocenters. The van der Waals surface area contributed by atoms with Crippen LogP contribution in [0.2, 0.25) is 0 Å². The maximum absolute atomic E-state index is 13.6. The van der Waals surface area contributed by atoms with Crippen molar-refractivity contribution in [3.63, 3.8) is 0 Å². The van der Waals surface area contributed by atoms with Crippen LogP contribution in [0, 0.1) is 13.8 Å². The molecule has 0 aromatic heterocycles. The Hall–Kier alpha value is -5.11. The van der Waals surface area contributed by atoms with E-state index in [1.54, 1.807) is 43.1 Å². The minimum atomic E-state index is -0.284. The second kappa shape index (κ2) is 16.3. The monoisotopic (exact) mass is 622 g/mol. The van der Waals surface area contributed by atoms with Gasteiger partial charge in [0, 0.05) is 24.6 Å². The van der Waals surface area contributed by atoms with E-state index in [0.29, 0.717) is 53.6 Å². The number of hydrogen-bond acceptors (Lipinski definition) is 6. The fourth-order valence-corrected chi connectivity index (χ4v) is 5.06. The minimum Gasteiger partial charge on any atom is -0.495 e. The summed E-state index contributed by atoms with van der Waals surface area (Å²) in [6, 6.07) is 26.1. The number of nitrogens with zero attached hydrogens (tertiary/aromatic N) is 1. The highest BCUT2D eigenvalue weighted by atomic mass is 16.5. The number of hydrogen-bond donors (Lipinski definition) is 1. The smallest absolute Gasteiger partial charge is 0.305 e. The van der Waals surface area contributed by atoms with Crippen molar-refractivity contribution >= 4 is 29.2 Å². The molecule has 4 rings (SSSR count). The summed E-state index contributed by atoms with van der Waals surface area (Å²) >= 11 is 0. The van der Waals surface area contributed by atoms with Gasteiger partial charge in [-0.25, -0.2) is 0 Å². The van der Waals surface area contributed by atoms with Gasteiger partial charge in [-0.3, -0.25) is 14.4 Å². The Kier molecular flexibility index (Phi) is 11.9. The van der Waals surface area contributed by atoms with Crippen LogP contribution in [-0.4, -0.2) is 45.2 Å². The van der Waals surface area contributed by atoms with Crippen LogP contribution >= 0.6 is 0 Å². The Labute approximate surface area is 271 Å². The first kappa shape index (κ1) is 33.8. The van der Waals surface area contributed by atoms with E-state index < -0.39 is 0 Å². The summed E-state index contributed by atoms with van der Waals surface area (Å²) in [6.45, 7) is 6.63. The number of benzene rings is 4. The predicted molar refractivity (Wildman–Crippen MR) is 182 cm³/mol. The number of unbranched alkanes of at least 4 members (excludes halogenated alkanes) is 2. The third kappa shape index (κ3) is 8.75. The first-order chi connectivity index (χ1) is 22.2. The topological polar surface area (TPSA) is 94.2 Å². The molecule has 0 bridgehead atoms. The average Bonchev–Trinajstić information content (AvgIpc) is 3.06. The summed E-state index contributed by atoms with van der Waals surface area (Å²) in [5, 5.41) is 2.96. The van der Waals surface area contributed by atoms with Crippen molar-refractivity contribution in [3.05, 3.63) is 107 Å². The molecule has 46 heavy (non-hydrogen) atoms. The van der Waals surface area contributed by atoms with Crippen molar-refractivity contribution in [1.29, 1.82) is 0 Å². The summed E-state index contributed by atoms with van der Waals surface area (Å²) in [6.07, 6.45) is 2.73. The third-order valence-corrected chi connectivity index (χ3v) is 7.60. The van der Waals surface area contributed by atoms with Gasteiger partial charge in [0.25, 0.3) is 11.8 Å². The Morgan fingerprint density at radius 3 is 2.28 bits per heavy atom. The molecule has 0 saturated carbocycles. The van der Waals surface area contributed by atoms with Crippen molar-refractivity contribution in [2.24, 2.45) is 0 Å². The van der Waals surface area contributed by atoms with E-state index in [1.807, 2.05) is 74.5 Å². The first-order valence-electron chi connectivity index (χ1n) is 15.5. The normalized spacial score (nSPS) is 10.6. The Bertz CT molecular complexity index is 1660. The standard InChI is InChI=1S/C38H42N2O6/c1-6-45-36(41)14-8-7-11-23-46-35-24-27(3)17-22-33(35)40(4)38(43)29-20-21-32(34(25-29)44-5)39-37(42)31-13-10-9-12-30(31)28-18-15-26(2)16-19-28/h9-10,12-13,15-22,24-25H,6-8,11,14,23H2,1-5H3,(H,39,42). The Balaban J connectivity index is 1.45. The third-order valence-electron chi connectivity index (χ3n) is 7.60. The van der Waals surface area contributed by atoms with Crippen LogP contribution in [-0.2, 0) is 9.53 Å². The molecule has 0 spiro atoms. The predicted octanol–water partition coefficient (Wildman–Crippen LogP) is 8.01. The first-order valence-corrected chi connectivity index (χ1v) is 15.5. The molecule has 4 aromatic carbocycles. The van der Waals surface area contributed by atoms with Gasteiger partial charge < -0.3 is 24.4 Å². The second-order valence-electron chi connectivity index (χ2n) is 11.1. The van der Waals surface area contributed by atoms with Crippen LogP contribution in [0.15, 0.2) is 84.9 Å². The van der Waals surface area contributed by atoms with Gasteiger partial charge in [-0.2, -0.15) is 0 Å². The fraction of sp³-hybridized carbons (Fsp3) is 0.289. The van der Waals surface area contributed by atoms with E-state index >= 15 is 0 Å². The molecule has 4 aromatic rings. The Morgan fingerprint density at radius 1 is 0.804 bits per heavy atom. The van der Waals surface area contributed by atoms with E-state index in [-0.39, 0.29) is 17.8 Å².